The molecule has 2 aromatic rings. The minimum atomic E-state index is 0.299. The Labute approximate surface area is 144 Å². The van der Waals surface area contributed by atoms with Crippen LogP contribution in [0.2, 0.25) is 0 Å². The summed E-state index contributed by atoms with van der Waals surface area (Å²) in [6, 6.07) is 2.55. The third-order valence-electron chi connectivity index (χ3n) is 3.59. The molecule has 0 saturated heterocycles. The fraction of sp³-hybridized carbons (Fsp3) is 0.438. The van der Waals surface area contributed by atoms with Crippen LogP contribution in [-0.4, -0.2) is 18.6 Å². The summed E-state index contributed by atoms with van der Waals surface area (Å²) >= 11 is 4.16. The molecule has 2 aromatic heterocycles. The molecule has 0 aromatic carbocycles. The highest BCUT2D eigenvalue weighted by Crippen LogP contribution is 2.29. The van der Waals surface area contributed by atoms with E-state index in [0.717, 1.165) is 35.5 Å². The van der Waals surface area contributed by atoms with Crippen LogP contribution in [0.5, 0.6) is 5.75 Å². The molecule has 0 spiro atoms. The van der Waals surface area contributed by atoms with Crippen LogP contribution >= 0.6 is 33.9 Å². The zero-order valence-electron chi connectivity index (χ0n) is 12.9. The summed E-state index contributed by atoms with van der Waals surface area (Å²) in [5, 5.41) is 5.79. The minimum Gasteiger partial charge on any atom is -0.496 e. The van der Waals surface area contributed by atoms with Crippen molar-refractivity contribution in [1.82, 2.24) is 10.3 Å². The van der Waals surface area contributed by atoms with Crippen LogP contribution in [0.4, 0.5) is 0 Å². The van der Waals surface area contributed by atoms with Crippen molar-refractivity contribution in [2.45, 2.75) is 33.2 Å². The molecule has 0 radical (unpaired) electrons. The predicted molar refractivity (Wildman–Crippen MR) is 97.4 cm³/mol. The van der Waals surface area contributed by atoms with E-state index in [9.17, 15) is 0 Å². The third kappa shape index (κ3) is 3.96. The molecule has 3 nitrogen and oxygen atoms in total. The molecule has 0 aliphatic carbocycles. The van der Waals surface area contributed by atoms with E-state index in [0.29, 0.717) is 6.04 Å². The number of halogens is 1. The maximum atomic E-state index is 5.51. The number of hydrogen-bond acceptors (Lipinski definition) is 4. The molecule has 2 heterocycles. The summed E-state index contributed by atoms with van der Waals surface area (Å²) in [6.07, 6.45) is 2.78. The quantitative estimate of drug-likeness (QED) is 0.715. The van der Waals surface area contributed by atoms with Gasteiger partial charge in [0.25, 0.3) is 0 Å². The van der Waals surface area contributed by atoms with Gasteiger partial charge in [0.05, 0.1) is 9.99 Å². The van der Waals surface area contributed by atoms with Crippen LogP contribution in [0.1, 0.15) is 35.3 Å². The molecule has 114 valence electrons. The number of thiophene rings is 1. The second-order valence-electron chi connectivity index (χ2n) is 5.04. The first kappa shape index (κ1) is 16.7. The molecule has 0 aliphatic heterocycles. The van der Waals surface area contributed by atoms with Crippen molar-refractivity contribution < 1.29 is 4.74 Å². The van der Waals surface area contributed by atoms with Crippen LogP contribution in [0.15, 0.2) is 17.6 Å². The van der Waals surface area contributed by atoms with Gasteiger partial charge in [0, 0.05) is 35.5 Å². The van der Waals surface area contributed by atoms with Gasteiger partial charge in [-0.1, -0.05) is 6.92 Å². The van der Waals surface area contributed by atoms with Gasteiger partial charge in [0.15, 0.2) is 0 Å². The first-order valence-corrected chi connectivity index (χ1v) is 8.99. The smallest absolute Gasteiger partial charge is 0.128 e. The van der Waals surface area contributed by atoms with E-state index in [1.165, 1.54) is 8.45 Å². The fourth-order valence-corrected chi connectivity index (χ4v) is 3.96. The van der Waals surface area contributed by atoms with Crippen molar-refractivity contribution in [2.24, 2.45) is 0 Å². The Morgan fingerprint density at radius 3 is 2.76 bits per heavy atom. The van der Waals surface area contributed by atoms with Gasteiger partial charge >= 0.3 is 0 Å². The molecule has 0 fully saturated rings. The van der Waals surface area contributed by atoms with Crippen LogP contribution in [0.25, 0.3) is 0 Å². The average molecular weight is 416 g/mol. The lowest BCUT2D eigenvalue weighted by molar-refractivity contribution is 0.406. The normalized spacial score (nSPS) is 12.4. The fourth-order valence-electron chi connectivity index (χ4n) is 2.53. The Balaban J connectivity index is 2.29. The van der Waals surface area contributed by atoms with Gasteiger partial charge < -0.3 is 10.1 Å². The van der Waals surface area contributed by atoms with Gasteiger partial charge in [-0.2, -0.15) is 0 Å². The van der Waals surface area contributed by atoms with Crippen molar-refractivity contribution in [3.63, 3.8) is 0 Å². The lowest BCUT2D eigenvalue weighted by atomic mass is 10.0. The molecular weight excluding hydrogens is 395 g/mol. The number of nitrogens with one attached hydrogen (secondary N) is 1. The molecule has 1 N–H and O–H groups in total. The summed E-state index contributed by atoms with van der Waals surface area (Å²) in [4.78, 5) is 4.62. The van der Waals surface area contributed by atoms with E-state index >= 15 is 0 Å². The topological polar surface area (TPSA) is 34.2 Å². The Morgan fingerprint density at radius 2 is 2.19 bits per heavy atom. The van der Waals surface area contributed by atoms with Gasteiger partial charge in [-0.05, 0) is 60.0 Å². The van der Waals surface area contributed by atoms with Crippen molar-refractivity contribution in [3.05, 3.63) is 42.9 Å². The number of methoxy groups -OCH3 is 1. The number of likely N-dealkylation sites (N-methyl/N-ethyl adjacent to an activating group) is 1. The van der Waals surface area contributed by atoms with Gasteiger partial charge in [-0.3, -0.25) is 4.98 Å². The summed E-state index contributed by atoms with van der Waals surface area (Å²) < 4.78 is 6.82. The lowest BCUT2D eigenvalue weighted by Gasteiger charge is -2.19. The SMILES string of the molecule is CCNC(Cc1ncc(C)c(OC)c1C)c1csc(I)c1. The summed E-state index contributed by atoms with van der Waals surface area (Å²) in [6.45, 7) is 7.21. The number of rotatable bonds is 6. The standard InChI is InChI=1S/C16H21IN2OS/c1-5-18-14(12-6-15(17)21-9-12)7-13-11(3)16(20-4)10(2)8-19-13/h6,8-9,14,18H,5,7H2,1-4H3. The summed E-state index contributed by atoms with van der Waals surface area (Å²) in [5.41, 5.74) is 4.67. The van der Waals surface area contributed by atoms with Gasteiger partial charge in [-0.15, -0.1) is 11.3 Å². The van der Waals surface area contributed by atoms with E-state index in [2.05, 4.69) is 58.2 Å². The Bertz CT molecular complexity index is 612. The van der Waals surface area contributed by atoms with Crippen LogP contribution in [-0.2, 0) is 6.42 Å². The summed E-state index contributed by atoms with van der Waals surface area (Å²) in [5.74, 6) is 0.954. The number of ether oxygens (including phenoxy) is 1. The Kier molecular flexibility index (Phi) is 6.01. The van der Waals surface area contributed by atoms with Crippen molar-refractivity contribution in [1.29, 1.82) is 0 Å². The molecule has 0 bridgehead atoms. The number of aryl methyl sites for hydroxylation is 1. The van der Waals surface area contributed by atoms with Crippen LogP contribution < -0.4 is 10.1 Å². The molecule has 0 aliphatic rings. The largest absolute Gasteiger partial charge is 0.496 e. The Morgan fingerprint density at radius 1 is 1.43 bits per heavy atom. The molecule has 1 atom stereocenters. The molecule has 0 amide bonds. The molecule has 1 unspecified atom stereocenters. The van der Waals surface area contributed by atoms with E-state index in [-0.39, 0.29) is 0 Å². The van der Waals surface area contributed by atoms with E-state index < -0.39 is 0 Å². The zero-order valence-corrected chi connectivity index (χ0v) is 15.8. The molecule has 0 saturated carbocycles. The third-order valence-corrected chi connectivity index (χ3v) is 5.40. The predicted octanol–water partition coefficient (Wildman–Crippen LogP) is 4.27. The highest BCUT2D eigenvalue weighted by Gasteiger charge is 2.17. The van der Waals surface area contributed by atoms with E-state index in [1.807, 2.05) is 13.1 Å². The lowest BCUT2D eigenvalue weighted by Crippen LogP contribution is -2.23. The first-order chi connectivity index (χ1) is 10.1. The number of pyridine rings is 1. The van der Waals surface area contributed by atoms with Crippen LogP contribution in [0, 0.1) is 16.7 Å². The average Bonchev–Trinajstić information content (AvgIpc) is 2.88. The zero-order chi connectivity index (χ0) is 15.4. The summed E-state index contributed by atoms with van der Waals surface area (Å²) in [7, 11) is 1.72. The second kappa shape index (κ2) is 7.56. The maximum Gasteiger partial charge on any atom is 0.128 e. The molecule has 5 heteroatoms. The van der Waals surface area contributed by atoms with E-state index in [4.69, 9.17) is 4.74 Å². The maximum absolute atomic E-state index is 5.51. The van der Waals surface area contributed by atoms with Gasteiger partial charge in [-0.25, -0.2) is 0 Å². The number of hydrogen-bond donors (Lipinski definition) is 1. The highest BCUT2D eigenvalue weighted by atomic mass is 127. The van der Waals surface area contributed by atoms with Crippen LogP contribution in [0.3, 0.4) is 0 Å². The Hall–Kier alpha value is -0.660. The van der Waals surface area contributed by atoms with Crippen molar-refractivity contribution in [2.75, 3.05) is 13.7 Å². The monoisotopic (exact) mass is 416 g/mol. The molecule has 21 heavy (non-hydrogen) atoms. The highest BCUT2D eigenvalue weighted by molar-refractivity contribution is 14.1. The van der Waals surface area contributed by atoms with E-state index in [1.54, 1.807) is 18.4 Å². The van der Waals surface area contributed by atoms with Crippen molar-refractivity contribution >= 4 is 33.9 Å². The first-order valence-electron chi connectivity index (χ1n) is 7.03. The number of nitrogens with zero attached hydrogens (tertiary/aromatic N) is 1. The second-order valence-corrected chi connectivity index (χ2v) is 7.85. The number of aromatic nitrogens is 1. The minimum absolute atomic E-state index is 0.299. The molecular formula is C16H21IN2OS. The molecule has 2 rings (SSSR count). The van der Waals surface area contributed by atoms with Gasteiger partial charge in [0.2, 0.25) is 0 Å². The van der Waals surface area contributed by atoms with Gasteiger partial charge in [0.1, 0.15) is 5.75 Å². The van der Waals surface area contributed by atoms with Crippen molar-refractivity contribution in [3.8, 4) is 5.75 Å².